The number of halogens is 6. The van der Waals surface area contributed by atoms with Gasteiger partial charge >= 0.3 is 11.4 Å². The van der Waals surface area contributed by atoms with Crippen LogP contribution in [-0.4, -0.2) is 17.6 Å². The zero-order valence-electron chi connectivity index (χ0n) is 5.00. The molecule has 1 unspecified atom stereocenters. The molecule has 0 saturated carbocycles. The summed E-state index contributed by atoms with van der Waals surface area (Å²) in [5.41, 5.74) is 0. The summed E-state index contributed by atoms with van der Waals surface area (Å²) in [5, 5.41) is -4.23. The van der Waals surface area contributed by atoms with E-state index in [0.29, 0.717) is 0 Å². The van der Waals surface area contributed by atoms with Crippen molar-refractivity contribution in [3.63, 3.8) is 0 Å². The second-order valence-electron chi connectivity index (χ2n) is 1.87. The molecule has 0 radical (unpaired) electrons. The summed E-state index contributed by atoms with van der Waals surface area (Å²) in [4.78, 5) is 0. The van der Waals surface area contributed by atoms with E-state index in [9.17, 15) is 26.3 Å². The minimum Gasteiger partial charge on any atom is -0.239 e. The maximum atomic E-state index is 11.9. The predicted octanol–water partition coefficient (Wildman–Crippen LogP) is 2.80. The summed E-state index contributed by atoms with van der Waals surface area (Å²) in [5.74, 6) is 0. The summed E-state index contributed by atoms with van der Waals surface area (Å²) in [6, 6.07) is 0. The van der Waals surface area contributed by atoms with Crippen molar-refractivity contribution in [2.24, 2.45) is 0 Å². The fraction of sp³-hybridized carbons (Fsp3) is 1.00. The summed E-state index contributed by atoms with van der Waals surface area (Å²) in [6.45, 7) is 0. The molecule has 0 aliphatic rings. The van der Waals surface area contributed by atoms with Crippen LogP contribution in [0.3, 0.4) is 0 Å². The van der Waals surface area contributed by atoms with Crippen molar-refractivity contribution in [2.45, 2.75) is 24.0 Å². The Hall–Kier alpha value is -0.0700. The normalized spacial score (nSPS) is 16.6. The minimum atomic E-state index is -4.93. The molecular weight excluding hydrogens is 194 g/mol. The highest BCUT2D eigenvalue weighted by Crippen LogP contribution is 2.33. The van der Waals surface area contributed by atoms with Gasteiger partial charge in [-0.25, -0.2) is 4.39 Å². The lowest BCUT2D eigenvalue weighted by molar-refractivity contribution is -0.161. The van der Waals surface area contributed by atoms with Crippen LogP contribution >= 0.6 is 12.6 Å². The Balaban J connectivity index is 3.99. The van der Waals surface area contributed by atoms with Crippen molar-refractivity contribution in [3.8, 4) is 0 Å². The van der Waals surface area contributed by atoms with Crippen molar-refractivity contribution >= 4 is 12.6 Å². The highest BCUT2D eigenvalue weighted by molar-refractivity contribution is 7.81. The van der Waals surface area contributed by atoms with Gasteiger partial charge in [0.2, 0.25) is 0 Å². The third-order valence-corrected chi connectivity index (χ3v) is 1.07. The Morgan fingerprint density at radius 2 is 1.45 bits per heavy atom. The number of hydrogen-bond donors (Lipinski definition) is 1. The molecule has 0 N–H and O–H groups in total. The van der Waals surface area contributed by atoms with Crippen LogP contribution in [0.4, 0.5) is 26.3 Å². The number of hydrogen-bond acceptors (Lipinski definition) is 1. The first-order valence-electron chi connectivity index (χ1n) is 2.44. The SMILES string of the molecule is FC(CC(F)(F)F)C(F)(F)S. The van der Waals surface area contributed by atoms with Gasteiger partial charge in [-0.1, -0.05) is 0 Å². The second kappa shape index (κ2) is 3.12. The van der Waals surface area contributed by atoms with Crippen LogP contribution in [0.25, 0.3) is 0 Å². The molecule has 0 fully saturated rings. The van der Waals surface area contributed by atoms with Gasteiger partial charge in [0, 0.05) is 0 Å². The number of alkyl halides is 6. The monoisotopic (exact) mass is 198 g/mol. The lowest BCUT2D eigenvalue weighted by atomic mass is 10.3. The summed E-state index contributed by atoms with van der Waals surface area (Å²) in [6.07, 6.45) is -10.4. The Morgan fingerprint density at radius 3 is 1.55 bits per heavy atom. The first-order valence-corrected chi connectivity index (χ1v) is 2.88. The van der Waals surface area contributed by atoms with E-state index in [1.165, 1.54) is 0 Å². The van der Waals surface area contributed by atoms with Crippen LogP contribution in [0.15, 0.2) is 0 Å². The van der Waals surface area contributed by atoms with Crippen LogP contribution in [0.5, 0.6) is 0 Å². The average molecular weight is 198 g/mol. The molecule has 0 aliphatic heterocycles. The number of rotatable bonds is 2. The van der Waals surface area contributed by atoms with Gasteiger partial charge in [-0.2, -0.15) is 22.0 Å². The van der Waals surface area contributed by atoms with E-state index in [4.69, 9.17) is 0 Å². The average Bonchev–Trinajstić information content (AvgIpc) is 1.56. The predicted molar refractivity (Wildman–Crippen MR) is 29.5 cm³/mol. The smallest absolute Gasteiger partial charge is 0.239 e. The Morgan fingerprint density at radius 1 is 1.09 bits per heavy atom. The molecule has 0 aromatic rings. The van der Waals surface area contributed by atoms with Crippen molar-refractivity contribution in [2.75, 3.05) is 0 Å². The van der Waals surface area contributed by atoms with E-state index in [1.54, 1.807) is 0 Å². The molecule has 68 valence electrons. The van der Waals surface area contributed by atoms with Crippen molar-refractivity contribution in [3.05, 3.63) is 0 Å². The molecule has 0 rings (SSSR count). The molecule has 0 saturated heterocycles. The highest BCUT2D eigenvalue weighted by atomic mass is 32.1. The van der Waals surface area contributed by atoms with Gasteiger partial charge in [-0.15, -0.1) is 12.6 Å². The van der Waals surface area contributed by atoms with Crippen LogP contribution in [-0.2, 0) is 0 Å². The van der Waals surface area contributed by atoms with Gasteiger partial charge in [-0.05, 0) is 0 Å². The summed E-state index contributed by atoms with van der Waals surface area (Å²) in [7, 11) is 0. The standard InChI is InChI=1S/C4H4F6S/c5-2(4(9,10)11)1-3(6,7)8/h2,11H,1H2. The lowest BCUT2D eigenvalue weighted by Crippen LogP contribution is -2.29. The fourth-order valence-corrected chi connectivity index (χ4v) is 0.417. The molecule has 0 amide bonds. The molecule has 1 atom stereocenters. The number of thiol groups is 1. The van der Waals surface area contributed by atoms with Gasteiger partial charge in [0.1, 0.15) is 0 Å². The van der Waals surface area contributed by atoms with Crippen LogP contribution < -0.4 is 0 Å². The van der Waals surface area contributed by atoms with E-state index in [-0.39, 0.29) is 0 Å². The third-order valence-electron chi connectivity index (χ3n) is 0.788. The van der Waals surface area contributed by atoms with Crippen molar-refractivity contribution in [1.29, 1.82) is 0 Å². The summed E-state index contributed by atoms with van der Waals surface area (Å²) >= 11 is 2.35. The maximum Gasteiger partial charge on any atom is 0.392 e. The van der Waals surface area contributed by atoms with Crippen LogP contribution in [0.1, 0.15) is 6.42 Å². The van der Waals surface area contributed by atoms with Gasteiger partial charge in [-0.3, -0.25) is 0 Å². The Kier molecular flexibility index (Phi) is 3.10. The molecule has 0 aromatic heterocycles. The van der Waals surface area contributed by atoms with Crippen LogP contribution in [0.2, 0.25) is 0 Å². The molecular formula is C4H4F6S. The van der Waals surface area contributed by atoms with Crippen molar-refractivity contribution < 1.29 is 26.3 Å². The van der Waals surface area contributed by atoms with Crippen molar-refractivity contribution in [1.82, 2.24) is 0 Å². The van der Waals surface area contributed by atoms with E-state index in [0.717, 1.165) is 0 Å². The zero-order chi connectivity index (χ0) is 9.28. The quantitative estimate of drug-likeness (QED) is 0.512. The largest absolute Gasteiger partial charge is 0.392 e. The van der Waals surface area contributed by atoms with Gasteiger partial charge < -0.3 is 0 Å². The van der Waals surface area contributed by atoms with Gasteiger partial charge in [0.15, 0.2) is 6.17 Å². The van der Waals surface area contributed by atoms with E-state index in [1.807, 2.05) is 0 Å². The minimum absolute atomic E-state index is 2.18. The van der Waals surface area contributed by atoms with Crippen LogP contribution in [0, 0.1) is 0 Å². The molecule has 0 bridgehead atoms. The first-order chi connectivity index (χ1) is 4.63. The molecule has 0 aliphatic carbocycles. The third kappa shape index (κ3) is 5.23. The van der Waals surface area contributed by atoms with E-state index < -0.39 is 24.0 Å². The van der Waals surface area contributed by atoms with Gasteiger partial charge in [0.25, 0.3) is 0 Å². The zero-order valence-corrected chi connectivity index (χ0v) is 5.89. The molecule has 0 heterocycles. The van der Waals surface area contributed by atoms with E-state index in [2.05, 4.69) is 12.6 Å². The first kappa shape index (κ1) is 10.9. The highest BCUT2D eigenvalue weighted by Gasteiger charge is 2.44. The molecule has 7 heteroatoms. The second-order valence-corrected chi connectivity index (χ2v) is 2.47. The molecule has 0 spiro atoms. The molecule has 0 aromatic carbocycles. The fourth-order valence-electron chi connectivity index (χ4n) is 0.326. The maximum absolute atomic E-state index is 11.9. The lowest BCUT2D eigenvalue weighted by Gasteiger charge is -2.15. The molecule has 11 heavy (non-hydrogen) atoms. The Labute approximate surface area is 64.0 Å². The Bertz CT molecular complexity index is 124. The molecule has 0 nitrogen and oxygen atoms in total. The summed E-state index contributed by atoms with van der Waals surface area (Å²) < 4.78 is 68.8. The topological polar surface area (TPSA) is 0 Å². The van der Waals surface area contributed by atoms with Gasteiger partial charge in [0.05, 0.1) is 6.42 Å². The van der Waals surface area contributed by atoms with E-state index >= 15 is 0 Å².